The van der Waals surface area contributed by atoms with Gasteiger partial charge in [0.05, 0.1) is 11.4 Å². The molecule has 0 aliphatic carbocycles. The van der Waals surface area contributed by atoms with E-state index in [2.05, 4.69) is 76.0 Å². The van der Waals surface area contributed by atoms with Crippen LogP contribution >= 0.6 is 0 Å². The predicted molar refractivity (Wildman–Crippen MR) is 143 cm³/mol. The van der Waals surface area contributed by atoms with Gasteiger partial charge in [0.25, 0.3) is 0 Å². The lowest BCUT2D eigenvalue weighted by molar-refractivity contribution is -0.161. The fourth-order valence-corrected chi connectivity index (χ4v) is 5.79. The number of rotatable bonds is 8. The Morgan fingerprint density at radius 3 is 2.36 bits per heavy atom. The van der Waals surface area contributed by atoms with Gasteiger partial charge in [-0.2, -0.15) is 5.10 Å². The van der Waals surface area contributed by atoms with Crippen LogP contribution in [0.5, 0.6) is 0 Å². The first-order valence-corrected chi connectivity index (χ1v) is 13.6. The van der Waals surface area contributed by atoms with Crippen molar-refractivity contribution in [2.75, 3.05) is 19.6 Å². The zero-order chi connectivity index (χ0) is 26.0. The maximum absolute atomic E-state index is 13.5. The summed E-state index contributed by atoms with van der Waals surface area (Å²) < 4.78 is 2.03. The number of nitrogens with zero attached hydrogens (tertiary/aromatic N) is 4. The zero-order valence-corrected chi connectivity index (χ0v) is 22.9. The van der Waals surface area contributed by atoms with Crippen LogP contribution in [-0.4, -0.2) is 62.6 Å². The van der Waals surface area contributed by atoms with Crippen LogP contribution in [0.4, 0.5) is 0 Å². The third-order valence-corrected chi connectivity index (χ3v) is 8.04. The molecule has 1 aromatic heterocycles. The molecule has 1 spiro atoms. The van der Waals surface area contributed by atoms with Crippen LogP contribution in [0.1, 0.15) is 75.4 Å². The zero-order valence-electron chi connectivity index (χ0n) is 22.9. The van der Waals surface area contributed by atoms with E-state index in [1.165, 1.54) is 11.1 Å². The average molecular weight is 494 g/mol. The Morgan fingerprint density at radius 1 is 1.08 bits per heavy atom. The van der Waals surface area contributed by atoms with E-state index in [0.717, 1.165) is 49.6 Å². The molecular weight excluding hydrogens is 450 g/mol. The van der Waals surface area contributed by atoms with Gasteiger partial charge in [0.1, 0.15) is 11.6 Å². The highest BCUT2D eigenvalue weighted by molar-refractivity contribution is 6.00. The number of benzene rings is 1. The Bertz CT molecular complexity index is 1080. The van der Waals surface area contributed by atoms with Gasteiger partial charge in [-0.05, 0) is 64.5 Å². The number of nitrogens with one attached hydrogen (secondary N) is 1. The summed E-state index contributed by atoms with van der Waals surface area (Å²) in [6, 6.07) is 8.05. The number of carbonyl (C=O) groups excluding carboxylic acids is 2. The van der Waals surface area contributed by atoms with E-state index in [4.69, 9.17) is 5.10 Å². The SMILES string of the molecule is CCCCN1C(=O)C(CC(C)C)NC(=O)C12CCN(Cc1c(C)nn(-c3ccc(C)cc3)c1C)CC2. The number of hydrogen-bond acceptors (Lipinski definition) is 4. The first-order valence-electron chi connectivity index (χ1n) is 13.6. The second kappa shape index (κ2) is 10.8. The molecule has 0 saturated carbocycles. The first-order chi connectivity index (χ1) is 17.2. The van der Waals surface area contributed by atoms with Crippen molar-refractivity contribution in [3.8, 4) is 5.69 Å². The molecule has 3 heterocycles. The fourth-order valence-electron chi connectivity index (χ4n) is 5.79. The van der Waals surface area contributed by atoms with Crippen molar-refractivity contribution in [2.45, 2.75) is 91.8 Å². The molecule has 1 N–H and O–H groups in total. The van der Waals surface area contributed by atoms with Crippen molar-refractivity contribution in [3.05, 3.63) is 46.8 Å². The quantitative estimate of drug-likeness (QED) is 0.595. The summed E-state index contributed by atoms with van der Waals surface area (Å²) in [6.07, 6.45) is 3.97. The van der Waals surface area contributed by atoms with Gasteiger partial charge in [0.15, 0.2) is 0 Å². The smallest absolute Gasteiger partial charge is 0.246 e. The maximum Gasteiger partial charge on any atom is 0.246 e. The lowest BCUT2D eigenvalue weighted by Crippen LogP contribution is -2.73. The molecule has 7 heteroatoms. The molecule has 1 atom stereocenters. The average Bonchev–Trinajstić information content (AvgIpc) is 3.12. The van der Waals surface area contributed by atoms with Crippen LogP contribution in [0.3, 0.4) is 0 Å². The molecule has 2 aliphatic heterocycles. The van der Waals surface area contributed by atoms with Crippen molar-refractivity contribution >= 4 is 11.8 Å². The van der Waals surface area contributed by atoms with E-state index in [1.54, 1.807) is 0 Å². The topological polar surface area (TPSA) is 70.5 Å². The molecule has 1 aromatic carbocycles. The summed E-state index contributed by atoms with van der Waals surface area (Å²) in [5.74, 6) is 0.509. The van der Waals surface area contributed by atoms with Crippen LogP contribution < -0.4 is 5.32 Å². The van der Waals surface area contributed by atoms with E-state index in [1.807, 2.05) is 9.58 Å². The summed E-state index contributed by atoms with van der Waals surface area (Å²) >= 11 is 0. The van der Waals surface area contributed by atoms with Gasteiger partial charge >= 0.3 is 0 Å². The lowest BCUT2D eigenvalue weighted by Gasteiger charge is -2.52. The molecule has 0 bridgehead atoms. The summed E-state index contributed by atoms with van der Waals surface area (Å²) in [4.78, 5) is 31.4. The van der Waals surface area contributed by atoms with Crippen molar-refractivity contribution in [3.63, 3.8) is 0 Å². The number of likely N-dealkylation sites (tertiary alicyclic amines) is 1. The van der Waals surface area contributed by atoms with E-state index in [-0.39, 0.29) is 11.8 Å². The highest BCUT2D eigenvalue weighted by Gasteiger charge is 2.53. The second-order valence-electron chi connectivity index (χ2n) is 11.2. The Labute approximate surface area is 216 Å². The summed E-state index contributed by atoms with van der Waals surface area (Å²) in [6.45, 7) is 15.7. The van der Waals surface area contributed by atoms with Crippen LogP contribution in [-0.2, 0) is 16.1 Å². The Morgan fingerprint density at radius 2 is 1.75 bits per heavy atom. The Balaban J connectivity index is 1.49. The summed E-state index contributed by atoms with van der Waals surface area (Å²) in [5.41, 5.74) is 5.03. The Kier molecular flexibility index (Phi) is 7.88. The summed E-state index contributed by atoms with van der Waals surface area (Å²) in [5, 5.41) is 7.94. The van der Waals surface area contributed by atoms with Crippen molar-refractivity contribution < 1.29 is 9.59 Å². The molecule has 2 fully saturated rings. The predicted octanol–water partition coefficient (Wildman–Crippen LogP) is 4.31. The van der Waals surface area contributed by atoms with Crippen LogP contribution in [0, 0.1) is 26.7 Å². The molecule has 4 rings (SSSR count). The van der Waals surface area contributed by atoms with E-state index < -0.39 is 11.6 Å². The number of amides is 2. The van der Waals surface area contributed by atoms with Crippen molar-refractivity contribution in [2.24, 2.45) is 5.92 Å². The van der Waals surface area contributed by atoms with Gasteiger partial charge in [0.2, 0.25) is 11.8 Å². The number of carbonyl (C=O) groups is 2. The third kappa shape index (κ3) is 5.08. The number of piperazine rings is 1. The molecule has 2 saturated heterocycles. The van der Waals surface area contributed by atoms with Gasteiger partial charge in [0, 0.05) is 37.4 Å². The first kappa shape index (κ1) is 26.4. The standard InChI is InChI=1S/C29H43N5O2/c1-7-8-15-33-27(35)26(18-20(2)3)30-28(36)29(33)13-16-32(17-14-29)19-25-22(5)31-34(23(25)6)24-11-9-21(4)10-12-24/h9-12,20,26H,7-8,13-19H2,1-6H3,(H,30,36). The van der Waals surface area contributed by atoms with Crippen LogP contribution in [0.15, 0.2) is 24.3 Å². The number of aromatic nitrogens is 2. The number of piperidine rings is 1. The minimum absolute atomic E-state index is 0.0445. The van der Waals surface area contributed by atoms with Gasteiger partial charge in [-0.3, -0.25) is 14.5 Å². The van der Waals surface area contributed by atoms with E-state index in [9.17, 15) is 9.59 Å². The molecule has 0 radical (unpaired) electrons. The lowest BCUT2D eigenvalue weighted by atomic mass is 9.80. The maximum atomic E-state index is 13.5. The number of hydrogen-bond donors (Lipinski definition) is 1. The van der Waals surface area contributed by atoms with Crippen LogP contribution in [0.25, 0.3) is 5.69 Å². The minimum atomic E-state index is -0.716. The third-order valence-electron chi connectivity index (χ3n) is 8.04. The van der Waals surface area contributed by atoms with Crippen molar-refractivity contribution in [1.82, 2.24) is 24.9 Å². The molecule has 7 nitrogen and oxygen atoms in total. The Hall–Kier alpha value is -2.67. The van der Waals surface area contributed by atoms with Crippen LogP contribution in [0.2, 0.25) is 0 Å². The number of unbranched alkanes of at least 4 members (excludes halogenated alkanes) is 1. The summed E-state index contributed by atoms with van der Waals surface area (Å²) in [7, 11) is 0. The highest BCUT2D eigenvalue weighted by Crippen LogP contribution is 2.35. The van der Waals surface area contributed by atoms with Crippen molar-refractivity contribution in [1.29, 1.82) is 0 Å². The monoisotopic (exact) mass is 493 g/mol. The molecule has 1 unspecified atom stereocenters. The van der Waals surface area contributed by atoms with Gasteiger partial charge < -0.3 is 10.2 Å². The minimum Gasteiger partial charge on any atom is -0.342 e. The second-order valence-corrected chi connectivity index (χ2v) is 11.2. The van der Waals surface area contributed by atoms with E-state index in [0.29, 0.717) is 31.7 Å². The normalized spacial score (nSPS) is 20.4. The molecule has 2 aromatic rings. The molecule has 36 heavy (non-hydrogen) atoms. The fraction of sp³-hybridized carbons (Fsp3) is 0.621. The molecule has 2 aliphatic rings. The molecular formula is C29H43N5O2. The van der Waals surface area contributed by atoms with Gasteiger partial charge in [-0.25, -0.2) is 4.68 Å². The molecule has 2 amide bonds. The van der Waals surface area contributed by atoms with E-state index >= 15 is 0 Å². The van der Waals surface area contributed by atoms with Gasteiger partial charge in [-0.15, -0.1) is 0 Å². The van der Waals surface area contributed by atoms with Gasteiger partial charge in [-0.1, -0.05) is 44.9 Å². The number of aryl methyl sites for hydroxylation is 2. The molecule has 196 valence electrons. The largest absolute Gasteiger partial charge is 0.342 e. The highest BCUT2D eigenvalue weighted by atomic mass is 16.2.